The number of aromatic nitrogens is 3. The molecule has 1 aliphatic carbocycles. The number of nitrogens with one attached hydrogen (secondary N) is 2. The minimum atomic E-state index is -0.328. The number of aromatic amines is 1. The van der Waals surface area contributed by atoms with Crippen molar-refractivity contribution in [3.05, 3.63) is 29.5 Å². The Morgan fingerprint density at radius 1 is 1.36 bits per heavy atom. The molecule has 2 aromatic rings. The summed E-state index contributed by atoms with van der Waals surface area (Å²) in [5.74, 6) is 3.66. The van der Waals surface area contributed by atoms with Crippen LogP contribution in [0.25, 0.3) is 0 Å². The van der Waals surface area contributed by atoms with Crippen LogP contribution in [0.1, 0.15) is 36.1 Å². The van der Waals surface area contributed by atoms with Crippen LogP contribution in [0.2, 0.25) is 0 Å². The van der Waals surface area contributed by atoms with Crippen LogP contribution in [0.4, 0.5) is 5.95 Å². The molecule has 0 spiro atoms. The van der Waals surface area contributed by atoms with Gasteiger partial charge in [-0.1, -0.05) is 0 Å². The molecule has 2 aromatic heterocycles. The molecule has 1 fully saturated rings. The molecule has 138 valence electrons. The molecule has 0 aromatic carbocycles. The zero-order valence-electron chi connectivity index (χ0n) is 15.0. The molecule has 25 heavy (non-hydrogen) atoms. The Kier molecular flexibility index (Phi) is 5.72. The van der Waals surface area contributed by atoms with Crippen molar-refractivity contribution in [1.29, 1.82) is 0 Å². The number of aliphatic hydroxyl groups is 1. The first-order valence-electron chi connectivity index (χ1n) is 8.61. The van der Waals surface area contributed by atoms with Crippen molar-refractivity contribution in [2.45, 2.75) is 38.0 Å². The zero-order chi connectivity index (χ0) is 17.8. The maximum absolute atomic E-state index is 10.4. The predicted molar refractivity (Wildman–Crippen MR) is 93.3 cm³/mol. The monoisotopic (exact) mass is 349 g/mol. The number of methoxy groups -OCH3 is 1. The third kappa shape index (κ3) is 4.39. The molecule has 0 aliphatic heterocycles. The highest BCUT2D eigenvalue weighted by atomic mass is 16.5. The number of aliphatic hydroxyl groups excluding tert-OH is 1. The first kappa shape index (κ1) is 17.9. The van der Waals surface area contributed by atoms with Gasteiger partial charge in [0, 0.05) is 33.7 Å². The summed E-state index contributed by atoms with van der Waals surface area (Å²) >= 11 is 0. The van der Waals surface area contributed by atoms with Crippen molar-refractivity contribution in [2.75, 3.05) is 32.6 Å². The number of nitrogens with zero attached hydrogens (tertiary/aromatic N) is 3. The van der Waals surface area contributed by atoms with E-state index in [4.69, 9.17) is 9.15 Å². The largest absolute Gasteiger partial charge is 0.462 e. The number of H-pyrrole nitrogens is 1. The molecule has 8 nitrogen and oxygen atoms in total. The lowest BCUT2D eigenvalue weighted by molar-refractivity contribution is 0.130. The Hall–Kier alpha value is -1.90. The first-order chi connectivity index (χ1) is 12.1. The first-order valence-corrected chi connectivity index (χ1v) is 8.61. The van der Waals surface area contributed by atoms with Crippen molar-refractivity contribution in [3.63, 3.8) is 0 Å². The Bertz CT molecular complexity index is 669. The van der Waals surface area contributed by atoms with Gasteiger partial charge in [0.1, 0.15) is 24.0 Å². The number of anilines is 1. The van der Waals surface area contributed by atoms with Crippen molar-refractivity contribution in [1.82, 2.24) is 20.5 Å². The van der Waals surface area contributed by atoms with Crippen LogP contribution in [0.3, 0.4) is 0 Å². The molecule has 0 saturated heterocycles. The molecule has 3 N–H and O–H groups in total. The normalized spacial score (nSPS) is 23.3. The van der Waals surface area contributed by atoms with Gasteiger partial charge in [-0.3, -0.25) is 5.10 Å². The highest BCUT2D eigenvalue weighted by molar-refractivity contribution is 5.26. The van der Waals surface area contributed by atoms with Gasteiger partial charge >= 0.3 is 0 Å². The summed E-state index contributed by atoms with van der Waals surface area (Å²) in [7, 11) is 5.47. The van der Waals surface area contributed by atoms with E-state index < -0.39 is 0 Å². The molecule has 1 aliphatic rings. The zero-order valence-corrected chi connectivity index (χ0v) is 15.0. The molecule has 0 amide bonds. The van der Waals surface area contributed by atoms with Crippen molar-refractivity contribution < 1.29 is 14.3 Å². The quantitative estimate of drug-likeness (QED) is 0.659. The van der Waals surface area contributed by atoms with Gasteiger partial charge in [0.15, 0.2) is 0 Å². The molecule has 3 atom stereocenters. The standard InChI is InChI=1S/C17H27N5O3/c1-22(2)17-19-16(20-21-17)11-6-12(15(23)7-11)8-18-9-13-4-5-14(25-13)10-24-3/h4-5,11-12,15,18,23H,6-10H2,1-3H3,(H,19,20,21)/t11-,12+,15+/m0/s1. The summed E-state index contributed by atoms with van der Waals surface area (Å²) in [6.45, 7) is 1.87. The predicted octanol–water partition coefficient (Wildman–Crippen LogP) is 1.25. The third-order valence-corrected chi connectivity index (χ3v) is 4.64. The van der Waals surface area contributed by atoms with E-state index in [0.717, 1.165) is 30.3 Å². The molecule has 8 heteroatoms. The summed E-state index contributed by atoms with van der Waals surface area (Å²) < 4.78 is 10.7. The summed E-state index contributed by atoms with van der Waals surface area (Å²) in [6.07, 6.45) is 1.28. The highest BCUT2D eigenvalue weighted by Gasteiger charge is 2.35. The van der Waals surface area contributed by atoms with E-state index in [1.54, 1.807) is 7.11 Å². The van der Waals surface area contributed by atoms with Crippen LogP contribution in [0.5, 0.6) is 0 Å². The molecular formula is C17H27N5O3. The van der Waals surface area contributed by atoms with Crippen LogP contribution >= 0.6 is 0 Å². The minimum Gasteiger partial charge on any atom is -0.462 e. The van der Waals surface area contributed by atoms with Crippen LogP contribution in [-0.2, 0) is 17.9 Å². The number of furan rings is 1. The fourth-order valence-electron chi connectivity index (χ4n) is 3.31. The maximum atomic E-state index is 10.4. The maximum Gasteiger partial charge on any atom is 0.244 e. The van der Waals surface area contributed by atoms with Gasteiger partial charge in [0.2, 0.25) is 5.95 Å². The lowest BCUT2D eigenvalue weighted by atomic mass is 10.0. The fraction of sp³-hybridized carbons (Fsp3) is 0.647. The third-order valence-electron chi connectivity index (χ3n) is 4.64. The lowest BCUT2D eigenvalue weighted by Gasteiger charge is -2.14. The van der Waals surface area contributed by atoms with Gasteiger partial charge in [0.05, 0.1) is 12.6 Å². The lowest BCUT2D eigenvalue weighted by Crippen LogP contribution is -2.27. The van der Waals surface area contributed by atoms with Gasteiger partial charge in [-0.2, -0.15) is 4.98 Å². The summed E-state index contributed by atoms with van der Waals surface area (Å²) in [5.41, 5.74) is 0. The average Bonchev–Trinajstić information content (AvgIpc) is 3.28. The van der Waals surface area contributed by atoms with E-state index in [-0.39, 0.29) is 17.9 Å². The van der Waals surface area contributed by atoms with Crippen LogP contribution in [0, 0.1) is 5.92 Å². The number of ether oxygens (including phenoxy) is 1. The molecular weight excluding hydrogens is 322 g/mol. The van der Waals surface area contributed by atoms with Crippen LogP contribution in [-0.4, -0.2) is 54.1 Å². The van der Waals surface area contributed by atoms with Crippen molar-refractivity contribution in [3.8, 4) is 0 Å². The van der Waals surface area contributed by atoms with Crippen molar-refractivity contribution >= 4 is 5.95 Å². The van der Waals surface area contributed by atoms with E-state index in [9.17, 15) is 5.11 Å². The average molecular weight is 349 g/mol. The second kappa shape index (κ2) is 7.99. The fourth-order valence-corrected chi connectivity index (χ4v) is 3.31. The minimum absolute atomic E-state index is 0.200. The molecule has 1 saturated carbocycles. The Labute approximate surface area is 147 Å². The van der Waals surface area contributed by atoms with Gasteiger partial charge in [-0.25, -0.2) is 0 Å². The second-order valence-electron chi connectivity index (χ2n) is 6.84. The smallest absolute Gasteiger partial charge is 0.244 e. The van der Waals surface area contributed by atoms with Gasteiger partial charge < -0.3 is 24.5 Å². The van der Waals surface area contributed by atoms with Crippen molar-refractivity contribution in [2.24, 2.45) is 5.92 Å². The van der Waals surface area contributed by atoms with Crippen LogP contribution in [0.15, 0.2) is 16.5 Å². The second-order valence-corrected chi connectivity index (χ2v) is 6.84. The van der Waals surface area contributed by atoms with E-state index in [2.05, 4.69) is 20.5 Å². The summed E-state index contributed by atoms with van der Waals surface area (Å²) in [6, 6.07) is 3.87. The number of hydrogen-bond donors (Lipinski definition) is 3. The van der Waals surface area contributed by atoms with Gasteiger partial charge in [-0.05, 0) is 30.9 Å². The molecule has 2 heterocycles. The summed E-state index contributed by atoms with van der Waals surface area (Å²) in [5, 5.41) is 20.9. The number of hydrogen-bond acceptors (Lipinski definition) is 7. The Morgan fingerprint density at radius 3 is 2.88 bits per heavy atom. The van der Waals surface area contributed by atoms with E-state index in [1.807, 2.05) is 31.1 Å². The van der Waals surface area contributed by atoms with Gasteiger partial charge in [0.25, 0.3) is 0 Å². The summed E-state index contributed by atoms with van der Waals surface area (Å²) in [4.78, 5) is 6.38. The topological polar surface area (TPSA) is 99.4 Å². The highest BCUT2D eigenvalue weighted by Crippen LogP contribution is 2.37. The van der Waals surface area contributed by atoms with E-state index >= 15 is 0 Å². The molecule has 0 unspecified atom stereocenters. The Morgan fingerprint density at radius 2 is 2.16 bits per heavy atom. The van der Waals surface area contributed by atoms with E-state index in [0.29, 0.717) is 25.5 Å². The molecule has 0 radical (unpaired) electrons. The van der Waals surface area contributed by atoms with E-state index in [1.165, 1.54) is 0 Å². The molecule has 3 rings (SSSR count). The Balaban J connectivity index is 1.48. The SMILES string of the molecule is COCc1ccc(CNC[C@H]2C[C@H](c3nc(N(C)C)n[nH]3)C[C@H]2O)o1. The van der Waals surface area contributed by atoms with Gasteiger partial charge in [-0.15, -0.1) is 5.10 Å². The molecule has 0 bridgehead atoms. The van der Waals surface area contributed by atoms with Crippen LogP contribution < -0.4 is 10.2 Å². The number of rotatable bonds is 8.